The number of likely N-dealkylation sites (N-methyl/N-ethyl adjacent to an activating group) is 1. The van der Waals surface area contributed by atoms with E-state index in [9.17, 15) is 4.79 Å². The number of methoxy groups -OCH3 is 2. The van der Waals surface area contributed by atoms with E-state index in [0.29, 0.717) is 5.69 Å². The minimum Gasteiger partial charge on any atom is -0.497 e. The minimum absolute atomic E-state index is 0.113. The van der Waals surface area contributed by atoms with E-state index in [4.69, 9.17) is 14.5 Å². The zero-order chi connectivity index (χ0) is 27.2. The van der Waals surface area contributed by atoms with E-state index in [2.05, 4.69) is 37.3 Å². The normalized spacial score (nSPS) is 13.5. The molecule has 0 spiro atoms. The molecule has 0 unspecified atom stereocenters. The number of carbonyl (C=O) groups is 1. The van der Waals surface area contributed by atoms with Crippen molar-refractivity contribution in [2.24, 2.45) is 0 Å². The molecule has 1 N–H and O–H groups in total. The number of likely N-dealkylation sites (tertiary alicyclic amines) is 1. The second-order valence-electron chi connectivity index (χ2n) is 9.65. The number of amides is 1. The van der Waals surface area contributed by atoms with Gasteiger partial charge in [0.15, 0.2) is 0 Å². The fourth-order valence-corrected chi connectivity index (χ4v) is 4.93. The van der Waals surface area contributed by atoms with E-state index in [1.807, 2.05) is 30.5 Å². The number of fused-ring (bicyclic) bond motifs is 1. The van der Waals surface area contributed by atoms with Gasteiger partial charge in [0.25, 0.3) is 0 Å². The Morgan fingerprint density at radius 3 is 2.49 bits per heavy atom. The van der Waals surface area contributed by atoms with Crippen molar-refractivity contribution in [2.45, 2.75) is 25.8 Å². The van der Waals surface area contributed by atoms with Gasteiger partial charge in [-0.25, -0.2) is 4.98 Å². The van der Waals surface area contributed by atoms with E-state index in [-0.39, 0.29) is 12.5 Å². The van der Waals surface area contributed by atoms with Gasteiger partial charge in [-0.2, -0.15) is 5.10 Å². The number of nitrogens with zero attached hydrogens (tertiary/aromatic N) is 6. The van der Waals surface area contributed by atoms with Gasteiger partial charge in [0.1, 0.15) is 18.0 Å². The molecule has 3 heterocycles. The van der Waals surface area contributed by atoms with Crippen LogP contribution >= 0.6 is 0 Å². The maximum atomic E-state index is 11.7. The van der Waals surface area contributed by atoms with Crippen LogP contribution in [0.2, 0.25) is 0 Å². The molecule has 204 valence electrons. The van der Waals surface area contributed by atoms with Gasteiger partial charge in [0.05, 0.1) is 43.3 Å². The van der Waals surface area contributed by atoms with Crippen LogP contribution in [0.5, 0.6) is 11.5 Å². The number of aromatic nitrogens is 4. The predicted molar refractivity (Wildman–Crippen MR) is 152 cm³/mol. The Balaban J connectivity index is 1.46. The van der Waals surface area contributed by atoms with Gasteiger partial charge in [0.2, 0.25) is 5.91 Å². The first-order valence-electron chi connectivity index (χ1n) is 13.3. The van der Waals surface area contributed by atoms with Crippen LogP contribution in [0.1, 0.15) is 19.3 Å². The molecule has 0 bridgehead atoms. The molecule has 0 saturated carbocycles. The van der Waals surface area contributed by atoms with Crippen LogP contribution in [0.4, 0.5) is 11.4 Å². The second-order valence-corrected chi connectivity index (χ2v) is 9.65. The predicted octanol–water partition coefficient (Wildman–Crippen LogP) is 3.88. The number of carbonyl (C=O) groups excluding carboxylic acids is 1. The summed E-state index contributed by atoms with van der Waals surface area (Å²) in [5, 5.41) is 6.91. The number of hydrogen-bond acceptors (Lipinski definition) is 8. The number of anilines is 2. The average molecular weight is 530 g/mol. The molecule has 1 fully saturated rings. The van der Waals surface area contributed by atoms with Gasteiger partial charge >= 0.3 is 0 Å². The summed E-state index contributed by atoms with van der Waals surface area (Å²) >= 11 is 0. The van der Waals surface area contributed by atoms with Crippen LogP contribution in [0.25, 0.3) is 22.3 Å². The Kier molecular flexibility index (Phi) is 8.21. The molecule has 0 aliphatic carbocycles. The van der Waals surface area contributed by atoms with Crippen molar-refractivity contribution in [3.8, 4) is 22.8 Å². The molecule has 10 nitrogen and oxygen atoms in total. The van der Waals surface area contributed by atoms with Gasteiger partial charge in [-0.3, -0.25) is 14.5 Å². The standard InChI is InChI=1S/C29H35N7O3/c1-30-29(37)20-35-19-21(17-32-35)28-18-31-26-8-7-22(15-27(26)33-28)36(12-6-11-34-9-4-5-10-34)23-13-24(38-2)16-25(14-23)39-3/h7-8,13-19H,4-6,9-12,20H2,1-3H3,(H,30,37). The molecule has 5 rings (SSSR count). The van der Waals surface area contributed by atoms with Crippen LogP contribution < -0.4 is 19.7 Å². The molecule has 4 aromatic rings. The highest BCUT2D eigenvalue weighted by atomic mass is 16.5. The van der Waals surface area contributed by atoms with Crippen LogP contribution in [-0.2, 0) is 11.3 Å². The van der Waals surface area contributed by atoms with E-state index < -0.39 is 0 Å². The molecule has 1 saturated heterocycles. The summed E-state index contributed by atoms with van der Waals surface area (Å²) in [5.74, 6) is 1.37. The quantitative estimate of drug-likeness (QED) is 0.313. The maximum absolute atomic E-state index is 11.7. The molecule has 10 heteroatoms. The number of ether oxygens (including phenoxy) is 2. The summed E-state index contributed by atoms with van der Waals surface area (Å²) in [6, 6.07) is 12.1. The van der Waals surface area contributed by atoms with E-state index in [1.165, 1.54) is 25.9 Å². The topological polar surface area (TPSA) is 97.6 Å². The van der Waals surface area contributed by atoms with Gasteiger partial charge in [0, 0.05) is 54.9 Å². The van der Waals surface area contributed by atoms with Crippen molar-refractivity contribution in [1.29, 1.82) is 0 Å². The number of rotatable bonds is 11. The van der Waals surface area contributed by atoms with Crippen molar-refractivity contribution in [2.75, 3.05) is 52.3 Å². The van der Waals surface area contributed by atoms with Gasteiger partial charge in [-0.1, -0.05) is 0 Å². The summed E-state index contributed by atoms with van der Waals surface area (Å²) < 4.78 is 12.7. The summed E-state index contributed by atoms with van der Waals surface area (Å²) in [4.78, 5) is 26.1. The third kappa shape index (κ3) is 6.28. The zero-order valence-corrected chi connectivity index (χ0v) is 22.8. The summed E-state index contributed by atoms with van der Waals surface area (Å²) in [7, 11) is 4.94. The molecule has 1 aliphatic heterocycles. The Hall–Kier alpha value is -4.18. The fraction of sp³-hybridized carbons (Fsp3) is 0.379. The lowest BCUT2D eigenvalue weighted by Crippen LogP contribution is -2.26. The number of nitrogens with one attached hydrogen (secondary N) is 1. The van der Waals surface area contributed by atoms with Crippen LogP contribution in [0, 0.1) is 0 Å². The molecule has 0 atom stereocenters. The largest absolute Gasteiger partial charge is 0.497 e. The Morgan fingerprint density at radius 1 is 1.00 bits per heavy atom. The van der Waals surface area contributed by atoms with Crippen molar-refractivity contribution < 1.29 is 14.3 Å². The SMILES string of the molecule is CNC(=O)Cn1cc(-c2cnc3ccc(N(CCCN4CCCC4)c4cc(OC)cc(OC)c4)cc3n2)cn1. The molecule has 0 radical (unpaired) electrons. The van der Waals surface area contributed by atoms with Crippen molar-refractivity contribution >= 4 is 28.3 Å². The summed E-state index contributed by atoms with van der Waals surface area (Å²) in [5.41, 5.74) is 5.10. The Bertz CT molecular complexity index is 1410. The lowest BCUT2D eigenvalue weighted by Gasteiger charge is -2.27. The number of benzene rings is 2. The van der Waals surface area contributed by atoms with E-state index in [1.54, 1.807) is 38.3 Å². The van der Waals surface area contributed by atoms with Crippen molar-refractivity contribution in [3.63, 3.8) is 0 Å². The number of hydrogen-bond donors (Lipinski definition) is 1. The minimum atomic E-state index is -0.113. The average Bonchev–Trinajstić information content (AvgIpc) is 3.67. The van der Waals surface area contributed by atoms with Crippen LogP contribution in [0.3, 0.4) is 0 Å². The highest BCUT2D eigenvalue weighted by Crippen LogP contribution is 2.34. The lowest BCUT2D eigenvalue weighted by molar-refractivity contribution is -0.121. The first-order valence-corrected chi connectivity index (χ1v) is 13.3. The van der Waals surface area contributed by atoms with Crippen LogP contribution in [-0.4, -0.2) is 78.0 Å². The third-order valence-electron chi connectivity index (χ3n) is 7.05. The highest BCUT2D eigenvalue weighted by molar-refractivity contribution is 5.83. The van der Waals surface area contributed by atoms with Crippen LogP contribution in [0.15, 0.2) is 55.0 Å². The highest BCUT2D eigenvalue weighted by Gasteiger charge is 2.17. The molecule has 39 heavy (non-hydrogen) atoms. The smallest absolute Gasteiger partial charge is 0.241 e. The fourth-order valence-electron chi connectivity index (χ4n) is 4.93. The molecule has 1 aliphatic rings. The van der Waals surface area contributed by atoms with Crippen molar-refractivity contribution in [1.82, 2.24) is 30.0 Å². The summed E-state index contributed by atoms with van der Waals surface area (Å²) in [6.07, 6.45) is 8.84. The van der Waals surface area contributed by atoms with Gasteiger partial charge in [-0.15, -0.1) is 0 Å². The molecule has 1 amide bonds. The Labute approximate surface area is 228 Å². The van der Waals surface area contributed by atoms with Gasteiger partial charge < -0.3 is 24.6 Å². The first kappa shape index (κ1) is 26.4. The Morgan fingerprint density at radius 2 is 1.77 bits per heavy atom. The molecular weight excluding hydrogens is 494 g/mol. The first-order chi connectivity index (χ1) is 19.1. The van der Waals surface area contributed by atoms with Crippen molar-refractivity contribution in [3.05, 3.63) is 55.0 Å². The zero-order valence-electron chi connectivity index (χ0n) is 22.8. The maximum Gasteiger partial charge on any atom is 0.241 e. The molecular formula is C29H35N7O3. The van der Waals surface area contributed by atoms with E-state index >= 15 is 0 Å². The summed E-state index contributed by atoms with van der Waals surface area (Å²) in [6.45, 7) is 4.41. The second kappa shape index (κ2) is 12.1. The molecule has 2 aromatic carbocycles. The molecule has 2 aromatic heterocycles. The lowest BCUT2D eigenvalue weighted by atomic mass is 10.1. The third-order valence-corrected chi connectivity index (χ3v) is 7.05. The monoisotopic (exact) mass is 529 g/mol. The van der Waals surface area contributed by atoms with E-state index in [0.717, 1.165) is 59.0 Å². The van der Waals surface area contributed by atoms with Gasteiger partial charge in [-0.05, 0) is 57.1 Å².